The molecule has 8 heteroatoms. The highest BCUT2D eigenvalue weighted by Gasteiger charge is 2.15. The van der Waals surface area contributed by atoms with E-state index < -0.39 is 5.91 Å². The number of nitrogens with zero attached hydrogens (tertiary/aromatic N) is 2. The molecule has 0 bridgehead atoms. The first kappa shape index (κ1) is 14.0. The minimum atomic E-state index is -0.451. The summed E-state index contributed by atoms with van der Waals surface area (Å²) in [6.45, 7) is 0. The summed E-state index contributed by atoms with van der Waals surface area (Å²) in [5, 5.41) is 6.89. The number of amides is 2. The van der Waals surface area contributed by atoms with Gasteiger partial charge in [-0.25, -0.2) is 0 Å². The van der Waals surface area contributed by atoms with E-state index in [-0.39, 0.29) is 17.6 Å². The third-order valence-electron chi connectivity index (χ3n) is 2.62. The predicted molar refractivity (Wildman–Crippen MR) is 81.0 cm³/mol. The van der Waals surface area contributed by atoms with Gasteiger partial charge in [-0.3, -0.25) is 19.9 Å². The average Bonchev–Trinajstić information content (AvgIpc) is 3.19. The van der Waals surface area contributed by atoms with Gasteiger partial charge in [0.05, 0.1) is 16.8 Å². The van der Waals surface area contributed by atoms with E-state index in [0.29, 0.717) is 10.6 Å². The molecule has 0 saturated heterocycles. The lowest BCUT2D eigenvalue weighted by Crippen LogP contribution is -2.13. The molecule has 0 saturated carbocycles. The van der Waals surface area contributed by atoms with Crippen molar-refractivity contribution >= 4 is 34.9 Å². The molecule has 0 atom stereocenters. The van der Waals surface area contributed by atoms with Crippen LogP contribution in [-0.2, 0) is 0 Å². The van der Waals surface area contributed by atoms with Crippen LogP contribution in [0.4, 0.5) is 11.7 Å². The van der Waals surface area contributed by atoms with Crippen LogP contribution in [0.1, 0.15) is 20.2 Å². The van der Waals surface area contributed by atoms with Gasteiger partial charge in [0.2, 0.25) is 0 Å². The number of nitrogens with one attached hydrogen (secondary N) is 2. The number of hydrogen-bond acceptors (Lipinski definition) is 6. The molecule has 0 aliphatic rings. The molecule has 0 radical (unpaired) electrons. The minimum absolute atomic E-state index is 0.0327. The predicted octanol–water partition coefficient (Wildman–Crippen LogP) is 2.64. The fraction of sp³-hybridized carbons (Fsp3) is 0. The van der Waals surface area contributed by atoms with Crippen molar-refractivity contribution in [2.75, 3.05) is 10.6 Å². The molecule has 3 heterocycles. The van der Waals surface area contributed by atoms with Crippen molar-refractivity contribution in [3.05, 3.63) is 58.9 Å². The number of aromatic nitrogens is 2. The zero-order chi connectivity index (χ0) is 15.4. The van der Waals surface area contributed by atoms with E-state index in [9.17, 15) is 9.59 Å². The van der Waals surface area contributed by atoms with E-state index in [2.05, 4.69) is 20.6 Å². The fourth-order valence-corrected chi connectivity index (χ4v) is 2.25. The first-order valence-electron chi connectivity index (χ1n) is 6.24. The lowest BCUT2D eigenvalue weighted by molar-refractivity contribution is 0.101. The number of oxazole rings is 1. The van der Waals surface area contributed by atoms with Crippen molar-refractivity contribution in [1.29, 1.82) is 0 Å². The molecule has 0 aromatic carbocycles. The summed E-state index contributed by atoms with van der Waals surface area (Å²) in [5.74, 6) is -0.788. The number of pyridine rings is 1. The molecule has 3 aromatic heterocycles. The number of hydrogen-bond donors (Lipinski definition) is 2. The Kier molecular flexibility index (Phi) is 3.92. The van der Waals surface area contributed by atoms with Crippen molar-refractivity contribution in [2.24, 2.45) is 0 Å². The Morgan fingerprint density at radius 1 is 1.14 bits per heavy atom. The lowest BCUT2D eigenvalue weighted by Gasteiger charge is -2.00. The molecule has 3 aromatic rings. The molecule has 7 nitrogen and oxygen atoms in total. The van der Waals surface area contributed by atoms with Crippen LogP contribution >= 0.6 is 11.3 Å². The molecular formula is C14H10N4O3S. The van der Waals surface area contributed by atoms with Gasteiger partial charge in [0.1, 0.15) is 6.26 Å². The Morgan fingerprint density at radius 2 is 2.05 bits per heavy atom. The van der Waals surface area contributed by atoms with Gasteiger partial charge in [-0.05, 0) is 23.6 Å². The normalized spacial score (nSPS) is 10.2. The summed E-state index contributed by atoms with van der Waals surface area (Å²) in [6.07, 6.45) is 4.29. The fourth-order valence-electron chi connectivity index (χ4n) is 1.63. The second-order valence-corrected chi connectivity index (χ2v) is 5.11. The molecule has 110 valence electrons. The Balaban J connectivity index is 1.66. The van der Waals surface area contributed by atoms with Crippen LogP contribution in [0.3, 0.4) is 0 Å². The summed E-state index contributed by atoms with van der Waals surface area (Å²) >= 11 is 1.30. The third kappa shape index (κ3) is 3.18. The van der Waals surface area contributed by atoms with Gasteiger partial charge in [-0.2, -0.15) is 4.98 Å². The zero-order valence-corrected chi connectivity index (χ0v) is 12.0. The largest absolute Gasteiger partial charge is 0.431 e. The van der Waals surface area contributed by atoms with E-state index in [0.717, 1.165) is 0 Å². The topological polar surface area (TPSA) is 97.1 Å². The van der Waals surface area contributed by atoms with Gasteiger partial charge in [0.15, 0.2) is 5.69 Å². The highest BCUT2D eigenvalue weighted by atomic mass is 32.1. The highest BCUT2D eigenvalue weighted by molar-refractivity contribution is 7.12. The van der Waals surface area contributed by atoms with Gasteiger partial charge in [-0.1, -0.05) is 6.07 Å². The van der Waals surface area contributed by atoms with Crippen LogP contribution in [0, 0.1) is 0 Å². The van der Waals surface area contributed by atoms with E-state index in [1.807, 2.05) is 0 Å². The number of carbonyl (C=O) groups excluding carboxylic acids is 2. The van der Waals surface area contributed by atoms with Gasteiger partial charge >= 0.3 is 6.01 Å². The maximum absolute atomic E-state index is 12.0. The lowest BCUT2D eigenvalue weighted by atomic mass is 10.4. The Labute approximate surface area is 129 Å². The van der Waals surface area contributed by atoms with Crippen LogP contribution in [0.15, 0.2) is 52.7 Å². The van der Waals surface area contributed by atoms with Gasteiger partial charge in [-0.15, -0.1) is 11.3 Å². The monoisotopic (exact) mass is 314 g/mol. The molecule has 0 unspecified atom stereocenters. The molecular weight excluding hydrogens is 304 g/mol. The Hall–Kier alpha value is -3.00. The number of thiophene rings is 1. The first-order chi connectivity index (χ1) is 10.7. The van der Waals surface area contributed by atoms with Gasteiger partial charge < -0.3 is 9.73 Å². The standard InChI is InChI=1S/C14H10N4O3S/c19-12(16-9-3-1-5-15-7-9)10-8-21-14(17-10)18-13(20)11-4-2-6-22-11/h1-8H,(H,16,19)(H,17,18,20). The van der Waals surface area contributed by atoms with Crippen LogP contribution in [0.5, 0.6) is 0 Å². The van der Waals surface area contributed by atoms with E-state index in [1.54, 1.807) is 35.8 Å². The van der Waals surface area contributed by atoms with Crippen molar-refractivity contribution in [2.45, 2.75) is 0 Å². The van der Waals surface area contributed by atoms with Crippen molar-refractivity contribution < 1.29 is 14.0 Å². The maximum Gasteiger partial charge on any atom is 0.302 e. The van der Waals surface area contributed by atoms with Crippen molar-refractivity contribution in [3.63, 3.8) is 0 Å². The highest BCUT2D eigenvalue weighted by Crippen LogP contribution is 2.14. The summed E-state index contributed by atoms with van der Waals surface area (Å²) in [6, 6.07) is 6.81. The summed E-state index contributed by atoms with van der Waals surface area (Å²) in [4.78, 5) is 32.2. The van der Waals surface area contributed by atoms with Crippen LogP contribution in [0.25, 0.3) is 0 Å². The quantitative estimate of drug-likeness (QED) is 0.771. The Morgan fingerprint density at radius 3 is 2.77 bits per heavy atom. The summed E-state index contributed by atoms with van der Waals surface area (Å²) in [5.41, 5.74) is 0.602. The molecule has 2 amide bonds. The SMILES string of the molecule is O=C(Nc1cccnc1)c1coc(NC(=O)c2cccs2)n1. The second-order valence-electron chi connectivity index (χ2n) is 4.17. The van der Waals surface area contributed by atoms with Crippen molar-refractivity contribution in [3.8, 4) is 0 Å². The average molecular weight is 314 g/mol. The zero-order valence-electron chi connectivity index (χ0n) is 11.1. The molecule has 0 aliphatic carbocycles. The van der Waals surface area contributed by atoms with E-state index >= 15 is 0 Å². The van der Waals surface area contributed by atoms with Gasteiger partial charge in [0.25, 0.3) is 11.8 Å². The first-order valence-corrected chi connectivity index (χ1v) is 7.12. The van der Waals surface area contributed by atoms with Crippen LogP contribution < -0.4 is 10.6 Å². The van der Waals surface area contributed by atoms with Crippen molar-refractivity contribution in [1.82, 2.24) is 9.97 Å². The molecule has 3 rings (SSSR count). The molecule has 0 fully saturated rings. The maximum atomic E-state index is 12.0. The number of rotatable bonds is 4. The Bertz CT molecular complexity index is 784. The van der Waals surface area contributed by atoms with Crippen LogP contribution in [0.2, 0.25) is 0 Å². The molecule has 0 spiro atoms. The van der Waals surface area contributed by atoms with Gasteiger partial charge in [0, 0.05) is 6.20 Å². The summed E-state index contributed by atoms with van der Waals surface area (Å²) in [7, 11) is 0. The second kappa shape index (κ2) is 6.19. The number of carbonyl (C=O) groups is 2. The van der Waals surface area contributed by atoms with E-state index in [1.165, 1.54) is 23.8 Å². The third-order valence-corrected chi connectivity index (χ3v) is 3.49. The summed E-state index contributed by atoms with van der Waals surface area (Å²) < 4.78 is 5.08. The minimum Gasteiger partial charge on any atom is -0.431 e. The molecule has 0 aliphatic heterocycles. The number of anilines is 2. The van der Waals surface area contributed by atoms with Crippen LogP contribution in [-0.4, -0.2) is 21.8 Å². The van der Waals surface area contributed by atoms with E-state index in [4.69, 9.17) is 4.42 Å². The molecule has 22 heavy (non-hydrogen) atoms. The molecule has 2 N–H and O–H groups in total. The smallest absolute Gasteiger partial charge is 0.302 e.